The fraction of sp³-hybridized carbons (Fsp3) is 0.200. The van der Waals surface area contributed by atoms with E-state index in [1.54, 1.807) is 6.07 Å². The predicted molar refractivity (Wildman–Crippen MR) is 52.1 cm³/mol. The highest BCUT2D eigenvalue weighted by Gasteiger charge is 2.13. The Morgan fingerprint density at radius 3 is 2.64 bits per heavy atom. The lowest BCUT2D eigenvalue weighted by atomic mass is 10.0. The first-order chi connectivity index (χ1) is 6.61. The average Bonchev–Trinajstić information content (AvgIpc) is 2.17. The molecule has 14 heavy (non-hydrogen) atoms. The van der Waals surface area contributed by atoms with Crippen LogP contribution in [0.1, 0.15) is 22.8 Å². The van der Waals surface area contributed by atoms with Gasteiger partial charge in [0, 0.05) is 5.56 Å². The number of nitrogen functional groups attached to an aromatic ring is 1. The van der Waals surface area contributed by atoms with Crippen molar-refractivity contribution in [3.05, 3.63) is 23.3 Å². The lowest BCUT2D eigenvalue weighted by Crippen LogP contribution is -2.03. The highest BCUT2D eigenvalue weighted by Crippen LogP contribution is 2.27. The monoisotopic (exact) mass is 190 g/mol. The Kier molecular flexibility index (Phi) is 2.73. The van der Waals surface area contributed by atoms with E-state index in [-0.39, 0.29) is 17.0 Å². The molecule has 2 N–H and O–H groups in total. The average molecular weight is 190 g/mol. The van der Waals surface area contributed by atoms with Gasteiger partial charge in [0.15, 0.2) is 5.78 Å². The highest BCUT2D eigenvalue weighted by atomic mass is 16.5. The number of ether oxygens (including phenoxy) is 1. The minimum Gasteiger partial charge on any atom is -0.495 e. The van der Waals surface area contributed by atoms with Gasteiger partial charge in [-0.05, 0) is 19.1 Å². The van der Waals surface area contributed by atoms with Gasteiger partial charge in [0.2, 0.25) is 0 Å². The summed E-state index contributed by atoms with van der Waals surface area (Å²) in [5.41, 5.74) is 6.36. The van der Waals surface area contributed by atoms with Crippen LogP contribution in [-0.4, -0.2) is 12.9 Å². The zero-order valence-electron chi connectivity index (χ0n) is 8.00. The van der Waals surface area contributed by atoms with Crippen molar-refractivity contribution < 1.29 is 9.53 Å². The molecule has 1 aromatic rings. The minimum atomic E-state index is -0.184. The van der Waals surface area contributed by atoms with Gasteiger partial charge in [-0.1, -0.05) is 0 Å². The Hall–Kier alpha value is -2.02. The molecule has 0 aliphatic carbocycles. The topological polar surface area (TPSA) is 76.1 Å². The smallest absolute Gasteiger partial charge is 0.161 e. The molecule has 0 aliphatic heterocycles. The van der Waals surface area contributed by atoms with Gasteiger partial charge in [-0.2, -0.15) is 5.26 Å². The maximum atomic E-state index is 11.1. The van der Waals surface area contributed by atoms with Crippen molar-refractivity contribution in [2.24, 2.45) is 0 Å². The van der Waals surface area contributed by atoms with Crippen molar-refractivity contribution in [2.45, 2.75) is 6.92 Å². The van der Waals surface area contributed by atoms with Gasteiger partial charge >= 0.3 is 0 Å². The fourth-order valence-electron chi connectivity index (χ4n) is 1.19. The molecule has 0 unspecified atom stereocenters. The molecule has 4 nitrogen and oxygen atoms in total. The molecule has 0 amide bonds. The van der Waals surface area contributed by atoms with E-state index in [1.807, 2.05) is 6.07 Å². The number of hydrogen-bond donors (Lipinski definition) is 1. The Bertz CT molecular complexity index is 419. The number of Topliss-reactive ketones (excluding diaryl/α,β-unsaturated/α-hetero) is 1. The Labute approximate surface area is 81.9 Å². The maximum absolute atomic E-state index is 11.1. The summed E-state index contributed by atoms with van der Waals surface area (Å²) in [5, 5.41) is 8.83. The van der Waals surface area contributed by atoms with Crippen molar-refractivity contribution >= 4 is 11.5 Å². The molecule has 72 valence electrons. The third-order valence-corrected chi connectivity index (χ3v) is 1.92. The molecule has 0 fully saturated rings. The van der Waals surface area contributed by atoms with E-state index in [2.05, 4.69) is 0 Å². The number of carbonyl (C=O) groups excluding carboxylic acids is 1. The van der Waals surface area contributed by atoms with E-state index in [1.165, 1.54) is 20.1 Å². The Morgan fingerprint density at radius 1 is 1.57 bits per heavy atom. The number of benzene rings is 1. The Morgan fingerprint density at radius 2 is 2.21 bits per heavy atom. The molecule has 0 saturated heterocycles. The second kappa shape index (κ2) is 3.79. The van der Waals surface area contributed by atoms with Crippen LogP contribution in [-0.2, 0) is 0 Å². The van der Waals surface area contributed by atoms with Crippen LogP contribution in [0.4, 0.5) is 5.69 Å². The van der Waals surface area contributed by atoms with E-state index in [0.717, 1.165) is 0 Å². The van der Waals surface area contributed by atoms with Crippen LogP contribution in [0.15, 0.2) is 12.1 Å². The molecule has 0 aromatic heterocycles. The van der Waals surface area contributed by atoms with E-state index < -0.39 is 0 Å². The number of nitrogens with two attached hydrogens (primary N) is 1. The van der Waals surface area contributed by atoms with Gasteiger partial charge in [-0.3, -0.25) is 4.79 Å². The summed E-state index contributed by atoms with van der Waals surface area (Å²) >= 11 is 0. The van der Waals surface area contributed by atoms with Gasteiger partial charge < -0.3 is 10.5 Å². The van der Waals surface area contributed by atoms with Gasteiger partial charge in [-0.25, -0.2) is 0 Å². The summed E-state index contributed by atoms with van der Waals surface area (Å²) in [4.78, 5) is 11.1. The van der Waals surface area contributed by atoms with Crippen LogP contribution in [0.25, 0.3) is 0 Å². The molecule has 1 aromatic carbocycles. The molecule has 0 saturated carbocycles. The van der Waals surface area contributed by atoms with Crippen LogP contribution >= 0.6 is 0 Å². The quantitative estimate of drug-likeness (QED) is 0.564. The molecular weight excluding hydrogens is 180 g/mol. The van der Waals surface area contributed by atoms with Crippen molar-refractivity contribution in [3.8, 4) is 11.8 Å². The summed E-state index contributed by atoms with van der Waals surface area (Å²) in [6.45, 7) is 1.39. The van der Waals surface area contributed by atoms with Gasteiger partial charge in [0.1, 0.15) is 11.8 Å². The van der Waals surface area contributed by atoms with Crippen LogP contribution in [0.2, 0.25) is 0 Å². The number of anilines is 1. The first kappa shape index (κ1) is 10.1. The second-order valence-corrected chi connectivity index (χ2v) is 2.77. The standard InChI is InChI=1S/C10H10N2O2/c1-6(13)7-3-4-9(14-2)10(12)8(7)5-11/h3-4H,12H2,1-2H3. The van der Waals surface area contributed by atoms with Crippen molar-refractivity contribution in [2.75, 3.05) is 12.8 Å². The van der Waals surface area contributed by atoms with E-state index >= 15 is 0 Å². The molecule has 1 rings (SSSR count). The summed E-state index contributed by atoms with van der Waals surface area (Å²) in [6, 6.07) is 5.01. The number of rotatable bonds is 2. The molecule has 0 aliphatic rings. The summed E-state index contributed by atoms with van der Waals surface area (Å²) in [7, 11) is 1.46. The Balaban J connectivity index is 3.45. The van der Waals surface area contributed by atoms with Crippen LogP contribution in [0.5, 0.6) is 5.75 Å². The molecule has 0 heterocycles. The first-order valence-corrected chi connectivity index (χ1v) is 3.99. The molecule has 4 heteroatoms. The normalized spacial score (nSPS) is 9.21. The van der Waals surface area contributed by atoms with E-state index in [0.29, 0.717) is 11.3 Å². The SMILES string of the molecule is COc1ccc(C(C)=O)c(C#N)c1N. The zero-order valence-corrected chi connectivity index (χ0v) is 8.00. The minimum absolute atomic E-state index is 0.178. The number of carbonyl (C=O) groups is 1. The number of methoxy groups -OCH3 is 1. The van der Waals surface area contributed by atoms with E-state index in [9.17, 15) is 4.79 Å². The number of nitrogens with zero attached hydrogens (tertiary/aromatic N) is 1. The molecular formula is C10H10N2O2. The van der Waals surface area contributed by atoms with Gasteiger partial charge in [-0.15, -0.1) is 0 Å². The number of nitriles is 1. The molecule has 0 bridgehead atoms. The molecule has 0 spiro atoms. The molecule has 0 radical (unpaired) electrons. The maximum Gasteiger partial charge on any atom is 0.161 e. The van der Waals surface area contributed by atoms with Crippen molar-refractivity contribution in [3.63, 3.8) is 0 Å². The second-order valence-electron chi connectivity index (χ2n) is 2.77. The van der Waals surface area contributed by atoms with Crippen LogP contribution < -0.4 is 10.5 Å². The summed E-state index contributed by atoms with van der Waals surface area (Å²) < 4.78 is 4.93. The zero-order chi connectivity index (χ0) is 10.7. The van der Waals surface area contributed by atoms with Crippen molar-refractivity contribution in [1.29, 1.82) is 5.26 Å². The summed E-state index contributed by atoms with van der Waals surface area (Å²) in [5.74, 6) is 0.224. The number of hydrogen-bond acceptors (Lipinski definition) is 4. The van der Waals surface area contributed by atoms with Crippen LogP contribution in [0.3, 0.4) is 0 Å². The van der Waals surface area contributed by atoms with E-state index in [4.69, 9.17) is 15.7 Å². The molecule has 0 atom stereocenters. The van der Waals surface area contributed by atoms with Crippen LogP contribution in [0, 0.1) is 11.3 Å². The number of ketones is 1. The summed E-state index contributed by atoms with van der Waals surface area (Å²) in [6.07, 6.45) is 0. The lowest BCUT2D eigenvalue weighted by molar-refractivity contribution is 0.101. The third-order valence-electron chi connectivity index (χ3n) is 1.92. The third kappa shape index (κ3) is 1.52. The predicted octanol–water partition coefficient (Wildman–Crippen LogP) is 1.35. The lowest BCUT2D eigenvalue weighted by Gasteiger charge is -2.07. The van der Waals surface area contributed by atoms with Crippen molar-refractivity contribution in [1.82, 2.24) is 0 Å². The largest absolute Gasteiger partial charge is 0.495 e. The van der Waals surface area contributed by atoms with Gasteiger partial charge in [0.25, 0.3) is 0 Å². The first-order valence-electron chi connectivity index (χ1n) is 3.99. The highest BCUT2D eigenvalue weighted by molar-refractivity contribution is 5.98. The van der Waals surface area contributed by atoms with Gasteiger partial charge in [0.05, 0.1) is 18.4 Å². The fourth-order valence-corrected chi connectivity index (χ4v) is 1.19.